The molecule has 0 amide bonds. The van der Waals surface area contributed by atoms with Gasteiger partial charge in [0.05, 0.1) is 11.4 Å². The van der Waals surface area contributed by atoms with Gasteiger partial charge in [0.2, 0.25) is 0 Å². The smallest absolute Gasteiger partial charge is 0.0520 e. The van der Waals surface area contributed by atoms with E-state index in [9.17, 15) is 0 Å². The van der Waals surface area contributed by atoms with Gasteiger partial charge in [-0.15, -0.1) is 0 Å². The first-order valence-electron chi connectivity index (χ1n) is 45.6. The Morgan fingerprint density at radius 2 is 0.418 bits per heavy atom. The summed E-state index contributed by atoms with van der Waals surface area (Å²) in [6.07, 6.45) is 17.4. The average molecular weight is 1580 g/mol. The Morgan fingerprint density at radius 3 is 0.705 bits per heavy atom. The van der Waals surface area contributed by atoms with Gasteiger partial charge < -0.3 is 9.80 Å². The molecule has 0 saturated heterocycles. The number of aryl methyl sites for hydroxylation is 4. The van der Waals surface area contributed by atoms with Gasteiger partial charge in [-0.25, -0.2) is 0 Å². The summed E-state index contributed by atoms with van der Waals surface area (Å²) >= 11 is 0. The van der Waals surface area contributed by atoms with E-state index in [0.29, 0.717) is 10.8 Å². The zero-order valence-electron chi connectivity index (χ0n) is 72.2. The highest BCUT2D eigenvalue weighted by atomic mass is 15.2. The number of benzene rings is 15. The molecule has 0 atom stereocenters. The molecule has 2 heteroatoms. The Labute approximate surface area is 724 Å². The Balaban J connectivity index is 0.000000146. The minimum absolute atomic E-state index is 0.148. The molecule has 15 aromatic carbocycles. The van der Waals surface area contributed by atoms with E-state index in [1.54, 1.807) is 11.1 Å². The van der Waals surface area contributed by atoms with Gasteiger partial charge in [0.25, 0.3) is 0 Å². The van der Waals surface area contributed by atoms with E-state index in [1.165, 1.54) is 244 Å². The van der Waals surface area contributed by atoms with Crippen LogP contribution in [0.1, 0.15) is 160 Å². The van der Waals surface area contributed by atoms with Crippen molar-refractivity contribution < 1.29 is 0 Å². The van der Waals surface area contributed by atoms with E-state index < -0.39 is 0 Å². The van der Waals surface area contributed by atoms with E-state index in [1.807, 2.05) is 0 Å². The highest BCUT2D eigenvalue weighted by molar-refractivity contribution is 5.92. The molecule has 0 spiro atoms. The molecule has 15 aromatic rings. The van der Waals surface area contributed by atoms with Crippen LogP contribution in [0.4, 0.5) is 34.1 Å². The molecule has 10 aliphatic rings. The molecule has 0 aliphatic heterocycles. The Bertz CT molecular complexity index is 6370. The molecule has 8 fully saturated rings. The van der Waals surface area contributed by atoms with E-state index in [0.717, 1.165) is 46.9 Å². The lowest BCUT2D eigenvalue weighted by molar-refractivity contribution is -0.00530. The van der Waals surface area contributed by atoms with Crippen LogP contribution >= 0.6 is 0 Å². The van der Waals surface area contributed by atoms with Gasteiger partial charge in [-0.1, -0.05) is 282 Å². The van der Waals surface area contributed by atoms with Crippen molar-refractivity contribution in [2.24, 2.45) is 35.5 Å². The lowest BCUT2D eigenvalue weighted by atomic mass is 9.48. The van der Waals surface area contributed by atoms with E-state index in [4.69, 9.17) is 0 Å². The third kappa shape index (κ3) is 13.4. The van der Waals surface area contributed by atoms with E-state index >= 15 is 0 Å². The van der Waals surface area contributed by atoms with Gasteiger partial charge in [-0.05, 0) is 392 Å². The summed E-state index contributed by atoms with van der Waals surface area (Å²) < 4.78 is 0. The third-order valence-corrected chi connectivity index (χ3v) is 30.9. The van der Waals surface area contributed by atoms with Crippen LogP contribution in [0.25, 0.3) is 100 Å². The Hall–Kier alpha value is -12.1. The fraction of sp³-hybridized carbons (Fsp3) is 0.250. The molecule has 0 unspecified atom stereocenters. The molecule has 0 heterocycles. The molecule has 10 aliphatic carbocycles. The van der Waals surface area contributed by atoms with Crippen molar-refractivity contribution in [3.05, 3.63) is 395 Å². The average Bonchev–Trinajstić information content (AvgIpc) is 1.35. The molecular formula is C120H110N2. The summed E-state index contributed by atoms with van der Waals surface area (Å²) in [4.78, 5) is 5.02. The summed E-state index contributed by atoms with van der Waals surface area (Å²) in [5.41, 5.74) is 44.6. The van der Waals surface area contributed by atoms with Gasteiger partial charge in [-0.2, -0.15) is 0 Å². The van der Waals surface area contributed by atoms with Crippen LogP contribution < -0.4 is 9.80 Å². The molecule has 8 saturated carbocycles. The van der Waals surface area contributed by atoms with Gasteiger partial charge in [0, 0.05) is 33.6 Å². The zero-order chi connectivity index (χ0) is 82.3. The first kappa shape index (κ1) is 76.1. The number of hydrogen-bond donors (Lipinski definition) is 0. The van der Waals surface area contributed by atoms with Crippen molar-refractivity contribution in [1.82, 2.24) is 0 Å². The maximum absolute atomic E-state index is 2.52. The molecule has 600 valence electrons. The van der Waals surface area contributed by atoms with Crippen molar-refractivity contribution in [2.45, 2.75) is 154 Å². The first-order valence-corrected chi connectivity index (χ1v) is 45.6. The monoisotopic (exact) mass is 1580 g/mol. The van der Waals surface area contributed by atoms with E-state index in [-0.39, 0.29) is 10.8 Å². The van der Waals surface area contributed by atoms with Gasteiger partial charge in [-0.3, -0.25) is 0 Å². The Morgan fingerprint density at radius 1 is 0.205 bits per heavy atom. The predicted octanol–water partition coefficient (Wildman–Crippen LogP) is 32.8. The van der Waals surface area contributed by atoms with Crippen molar-refractivity contribution in [1.29, 1.82) is 0 Å². The molecule has 8 bridgehead atoms. The summed E-state index contributed by atoms with van der Waals surface area (Å²) in [5.74, 6) is 5.74. The fourth-order valence-corrected chi connectivity index (χ4v) is 25.8. The van der Waals surface area contributed by atoms with Crippen molar-refractivity contribution in [2.75, 3.05) is 9.80 Å². The standard InChI is InChI=1S/C63H57N.C57H53N/c1-41-31-53(51-19-24-54(25-20-51)63-38-43-33-44(39-63)35-45(34-43)40-63)32-42(2)61(41)64(55-26-21-50(22-27-55)49-17-15-48(16-18-49)46-11-7-5-8-12-46)56-28-30-58-57-29-23-52(47-13-9-6-10-14-47)36-59(57)62(3,4)60(58)37-56;1-37-27-47(45-15-20-48(21-16-45)57-34-39-29-40(35-57)31-41(30-39)36-57)28-38(2)55(37)58(49-22-17-44(18-23-49)42-11-7-5-8-12-42)50-24-26-52-51-25-19-46(43-13-9-6-10-14-43)32-53(51)56(3,4)54(52)33-50/h5-32,36-37,43-45H,33-35,38-40H2,1-4H3;5-28,32-33,39-41H,29-31,34-36H2,1-4H3. The Kier molecular flexibility index (Phi) is 18.6. The summed E-state index contributed by atoms with van der Waals surface area (Å²) in [6.45, 7) is 18.8. The number of anilines is 6. The number of fused-ring (bicyclic) bond motifs is 6. The molecule has 122 heavy (non-hydrogen) atoms. The van der Waals surface area contributed by atoms with Crippen LogP contribution in [0.3, 0.4) is 0 Å². The van der Waals surface area contributed by atoms with Crippen LogP contribution in [0, 0.1) is 63.2 Å². The van der Waals surface area contributed by atoms with Gasteiger partial charge in [0.15, 0.2) is 0 Å². The SMILES string of the molecule is Cc1cc(-c2ccc(C34CC5CC(CC(C5)C3)C4)cc2)cc(C)c1N(c1ccc(-c2ccc(-c3ccccc3)cc2)cc1)c1ccc2c(c1)C(C)(C)c1cc(-c3ccccc3)ccc1-2.Cc1cc(-c2ccc(C34CC5CC(CC(C5)C3)C4)cc2)cc(C)c1N(c1ccc(-c2ccccc2)cc1)c1ccc2c(c1)C(C)(C)c1cc(-c3ccccc3)ccc1-2. The molecule has 0 N–H and O–H groups in total. The molecular weight excluding hydrogens is 1470 g/mol. The van der Waals surface area contributed by atoms with Crippen LogP contribution in [-0.2, 0) is 21.7 Å². The molecule has 25 rings (SSSR count). The highest BCUT2D eigenvalue weighted by Crippen LogP contribution is 2.64. The highest BCUT2D eigenvalue weighted by Gasteiger charge is 2.53. The van der Waals surface area contributed by atoms with Crippen molar-refractivity contribution >= 4 is 34.1 Å². The largest absolute Gasteiger partial charge is 0.310 e. The van der Waals surface area contributed by atoms with Crippen LogP contribution in [0.2, 0.25) is 0 Å². The maximum Gasteiger partial charge on any atom is 0.0520 e. The zero-order valence-corrected chi connectivity index (χ0v) is 72.2. The number of nitrogens with zero attached hydrogens (tertiary/aromatic N) is 2. The predicted molar refractivity (Wildman–Crippen MR) is 514 cm³/mol. The molecule has 0 aromatic heterocycles. The summed E-state index contributed by atoms with van der Waals surface area (Å²) in [5, 5.41) is 0. The normalized spacial score (nSPS) is 21.6. The first-order chi connectivity index (χ1) is 59.4. The second-order valence-electron chi connectivity index (χ2n) is 39.5. The van der Waals surface area contributed by atoms with Crippen molar-refractivity contribution in [3.63, 3.8) is 0 Å². The van der Waals surface area contributed by atoms with E-state index in [2.05, 4.69) is 405 Å². The topological polar surface area (TPSA) is 6.48 Å². The van der Waals surface area contributed by atoms with Gasteiger partial charge in [0.1, 0.15) is 0 Å². The maximum atomic E-state index is 2.52. The van der Waals surface area contributed by atoms with Crippen molar-refractivity contribution in [3.8, 4) is 100 Å². The van der Waals surface area contributed by atoms with Crippen LogP contribution in [-0.4, -0.2) is 0 Å². The van der Waals surface area contributed by atoms with Crippen LogP contribution in [0.5, 0.6) is 0 Å². The molecule has 2 nitrogen and oxygen atoms in total. The third-order valence-electron chi connectivity index (χ3n) is 30.9. The summed E-state index contributed by atoms with van der Waals surface area (Å²) in [6, 6.07) is 128. The minimum Gasteiger partial charge on any atom is -0.310 e. The fourth-order valence-electron chi connectivity index (χ4n) is 25.8. The molecule has 0 radical (unpaired) electrons. The second-order valence-corrected chi connectivity index (χ2v) is 39.5. The number of hydrogen-bond acceptors (Lipinski definition) is 2. The lowest BCUT2D eigenvalue weighted by Crippen LogP contribution is -2.48. The summed E-state index contributed by atoms with van der Waals surface area (Å²) in [7, 11) is 0. The second kappa shape index (κ2) is 29.9. The quantitative estimate of drug-likeness (QED) is 0.101. The minimum atomic E-state index is -0.164. The number of rotatable bonds is 15. The van der Waals surface area contributed by atoms with Crippen LogP contribution in [0.15, 0.2) is 340 Å². The lowest BCUT2D eigenvalue weighted by Gasteiger charge is -2.57. The van der Waals surface area contributed by atoms with Gasteiger partial charge >= 0.3 is 0 Å².